The summed E-state index contributed by atoms with van der Waals surface area (Å²) in [6.45, 7) is 5.67. The van der Waals surface area contributed by atoms with Crippen molar-refractivity contribution in [1.29, 1.82) is 0 Å². The van der Waals surface area contributed by atoms with Gasteiger partial charge in [0.15, 0.2) is 0 Å². The van der Waals surface area contributed by atoms with Gasteiger partial charge in [-0.1, -0.05) is 30.3 Å². The zero-order valence-electron chi connectivity index (χ0n) is 23.9. The van der Waals surface area contributed by atoms with Crippen LogP contribution in [0.5, 0.6) is 0 Å². The molecule has 222 valence electrons. The fraction of sp³-hybridized carbons (Fsp3) is 0.355. The molecule has 0 spiro atoms. The topological polar surface area (TPSA) is 139 Å². The number of carbonyl (C=O) groups excluding carboxylic acids is 2. The number of nitrogens with one attached hydrogen (secondary N) is 2. The highest BCUT2D eigenvalue weighted by molar-refractivity contribution is 7.98. The van der Waals surface area contributed by atoms with E-state index in [9.17, 15) is 24.3 Å². The first-order chi connectivity index (χ1) is 20.1. The first kappa shape index (κ1) is 31.2. The van der Waals surface area contributed by atoms with Crippen LogP contribution in [-0.4, -0.2) is 52.7 Å². The first-order valence-corrected chi connectivity index (χ1v) is 16.0. The van der Waals surface area contributed by atoms with Crippen molar-refractivity contribution in [1.82, 2.24) is 10.6 Å². The molecule has 0 radical (unpaired) electrons. The van der Waals surface area contributed by atoms with Crippen molar-refractivity contribution in [3.63, 3.8) is 0 Å². The van der Waals surface area contributed by atoms with Gasteiger partial charge in [-0.25, -0.2) is 9.59 Å². The van der Waals surface area contributed by atoms with E-state index in [0.717, 1.165) is 33.2 Å². The number of aryl methyl sites for hydroxylation is 3. The van der Waals surface area contributed by atoms with Gasteiger partial charge in [0.25, 0.3) is 0 Å². The summed E-state index contributed by atoms with van der Waals surface area (Å²) >= 11 is 2.76. The second kappa shape index (κ2) is 14.0. The van der Waals surface area contributed by atoms with Crippen molar-refractivity contribution in [3.05, 3.63) is 80.9 Å². The molecule has 0 saturated carbocycles. The maximum absolute atomic E-state index is 13.0. The maximum atomic E-state index is 13.0. The Morgan fingerprint density at radius 2 is 1.60 bits per heavy atom. The third-order valence-electron chi connectivity index (χ3n) is 7.18. The molecule has 2 amide bonds. The van der Waals surface area contributed by atoms with Gasteiger partial charge < -0.3 is 24.6 Å². The highest BCUT2D eigenvalue weighted by Crippen LogP contribution is 2.31. The lowest BCUT2D eigenvalue weighted by Crippen LogP contribution is -2.53. The molecule has 0 aliphatic rings. The number of fused-ring (bicyclic) bond motifs is 2. The van der Waals surface area contributed by atoms with Crippen LogP contribution >= 0.6 is 23.5 Å². The highest BCUT2D eigenvalue weighted by atomic mass is 32.2. The molecule has 0 fully saturated rings. The molecule has 11 heteroatoms. The summed E-state index contributed by atoms with van der Waals surface area (Å²) in [6.07, 6.45) is 1.87. The summed E-state index contributed by atoms with van der Waals surface area (Å²) in [7, 11) is 0. The van der Waals surface area contributed by atoms with Gasteiger partial charge in [-0.2, -0.15) is 23.5 Å². The van der Waals surface area contributed by atoms with Crippen LogP contribution in [0.4, 0.5) is 0 Å². The van der Waals surface area contributed by atoms with Gasteiger partial charge in [-0.05, 0) is 56.2 Å². The fourth-order valence-corrected chi connectivity index (χ4v) is 6.26. The minimum absolute atomic E-state index is 0.0450. The molecule has 4 aromatic rings. The van der Waals surface area contributed by atoms with Crippen LogP contribution < -0.4 is 16.3 Å². The third-order valence-corrected chi connectivity index (χ3v) is 8.95. The number of carboxylic acid groups (broad SMARTS) is 1. The van der Waals surface area contributed by atoms with Gasteiger partial charge in [0.05, 0.1) is 0 Å². The lowest BCUT2D eigenvalue weighted by molar-refractivity contribution is -0.141. The Hall–Kier alpha value is -3.70. The maximum Gasteiger partial charge on any atom is 0.339 e. The summed E-state index contributed by atoms with van der Waals surface area (Å²) < 4.78 is 11.3. The van der Waals surface area contributed by atoms with E-state index in [0.29, 0.717) is 22.5 Å². The summed E-state index contributed by atoms with van der Waals surface area (Å²) in [5.41, 5.74) is 3.72. The third kappa shape index (κ3) is 7.38. The molecule has 42 heavy (non-hydrogen) atoms. The molecule has 4 rings (SSSR count). The smallest absolute Gasteiger partial charge is 0.339 e. The molecule has 0 bridgehead atoms. The number of carboxylic acids is 1. The van der Waals surface area contributed by atoms with Crippen LogP contribution in [0.2, 0.25) is 0 Å². The standard InChI is InChI=1S/C31H34N2O7S2/c1-17-19(3)39-26-13-27-23(12-22(17)26)18(2)21(31(38)40-27)10-11-28(34)32-24(15-41-4)29(35)33-25(30(36)37)16-42-14-20-8-6-5-7-9-20/h5-9,12-13,24-25H,10-11,14-16H2,1-4H3,(H,32,34)(H,33,35)(H,36,37)/t24-,25-/m0/s1. The van der Waals surface area contributed by atoms with E-state index < -0.39 is 35.5 Å². The second-order valence-corrected chi connectivity index (χ2v) is 12.0. The Bertz CT molecular complexity index is 1660. The fourth-order valence-electron chi connectivity index (χ4n) is 4.68. The van der Waals surface area contributed by atoms with Crippen LogP contribution in [0.25, 0.3) is 21.9 Å². The average Bonchev–Trinajstić information content (AvgIpc) is 3.23. The molecule has 2 aromatic carbocycles. The first-order valence-electron chi connectivity index (χ1n) is 13.5. The van der Waals surface area contributed by atoms with Gasteiger partial charge in [0, 0.05) is 46.1 Å². The molecule has 2 aromatic heterocycles. The van der Waals surface area contributed by atoms with Crippen LogP contribution in [0.3, 0.4) is 0 Å². The van der Waals surface area contributed by atoms with Crippen molar-refractivity contribution in [2.45, 2.75) is 51.4 Å². The van der Waals surface area contributed by atoms with Gasteiger partial charge in [-0.15, -0.1) is 0 Å². The van der Waals surface area contributed by atoms with Crippen molar-refractivity contribution < 1.29 is 28.3 Å². The van der Waals surface area contributed by atoms with Crippen LogP contribution in [0.15, 0.2) is 56.1 Å². The van der Waals surface area contributed by atoms with Crippen LogP contribution in [0, 0.1) is 20.8 Å². The zero-order chi connectivity index (χ0) is 30.4. The molecule has 9 nitrogen and oxygen atoms in total. The lowest BCUT2D eigenvalue weighted by Gasteiger charge is -2.21. The molecular formula is C31H34N2O7S2. The molecule has 0 aliphatic heterocycles. The monoisotopic (exact) mass is 610 g/mol. The van der Waals surface area contributed by atoms with Gasteiger partial charge >= 0.3 is 11.6 Å². The quantitative estimate of drug-likeness (QED) is 0.183. The molecule has 0 aliphatic carbocycles. The summed E-state index contributed by atoms with van der Waals surface area (Å²) in [6, 6.07) is 11.3. The predicted molar refractivity (Wildman–Crippen MR) is 167 cm³/mol. The summed E-state index contributed by atoms with van der Waals surface area (Å²) in [4.78, 5) is 50.5. The molecule has 0 saturated heterocycles. The highest BCUT2D eigenvalue weighted by Gasteiger charge is 2.26. The zero-order valence-corrected chi connectivity index (χ0v) is 25.6. The Morgan fingerprint density at radius 1 is 0.905 bits per heavy atom. The number of carbonyl (C=O) groups is 3. The normalized spacial score (nSPS) is 12.8. The molecule has 3 N–H and O–H groups in total. The van der Waals surface area contributed by atoms with Crippen molar-refractivity contribution in [2.24, 2.45) is 0 Å². The number of benzene rings is 2. The van der Waals surface area contributed by atoms with Crippen LogP contribution in [0.1, 0.15) is 34.4 Å². The van der Waals surface area contributed by atoms with Crippen LogP contribution in [-0.2, 0) is 26.6 Å². The van der Waals surface area contributed by atoms with Gasteiger partial charge in [-0.3, -0.25) is 9.59 Å². The van der Waals surface area contributed by atoms with E-state index >= 15 is 0 Å². The molecule has 2 heterocycles. The van der Waals surface area contributed by atoms with Crippen molar-refractivity contribution in [3.8, 4) is 0 Å². The number of amides is 2. The number of furan rings is 1. The minimum atomic E-state index is -1.14. The van der Waals surface area contributed by atoms with Gasteiger partial charge in [0.2, 0.25) is 11.8 Å². The summed E-state index contributed by atoms with van der Waals surface area (Å²) in [5, 5.41) is 16.6. The SMILES string of the molecule is CSC[C@H](NC(=O)CCc1c(C)c2cc3c(C)c(C)oc3cc2oc1=O)C(=O)N[C@@H](CSCc1ccccc1)C(=O)O. The number of rotatable bonds is 13. The van der Waals surface area contributed by atoms with Crippen molar-refractivity contribution in [2.75, 3.05) is 17.8 Å². The molecular weight excluding hydrogens is 576 g/mol. The van der Waals surface area contributed by atoms with Crippen molar-refractivity contribution >= 4 is 63.2 Å². The average molecular weight is 611 g/mol. The van der Waals surface area contributed by atoms with E-state index in [-0.39, 0.29) is 24.3 Å². The molecule has 0 unspecified atom stereocenters. The number of hydrogen-bond acceptors (Lipinski definition) is 8. The summed E-state index contributed by atoms with van der Waals surface area (Å²) in [5.74, 6) is -0.294. The van der Waals surface area contributed by atoms with E-state index in [1.165, 1.54) is 23.5 Å². The number of hydrogen-bond donors (Lipinski definition) is 3. The van der Waals surface area contributed by atoms with E-state index in [1.54, 1.807) is 12.3 Å². The Kier molecular flexibility index (Phi) is 10.4. The number of aliphatic carboxylic acids is 1. The minimum Gasteiger partial charge on any atom is -0.480 e. The Balaban J connectivity index is 1.39. The predicted octanol–water partition coefficient (Wildman–Crippen LogP) is 4.75. The lowest BCUT2D eigenvalue weighted by atomic mass is 10.0. The Morgan fingerprint density at radius 3 is 2.29 bits per heavy atom. The van der Waals surface area contributed by atoms with E-state index in [1.807, 2.05) is 57.2 Å². The van der Waals surface area contributed by atoms with Gasteiger partial charge in [0.1, 0.15) is 29.0 Å². The largest absolute Gasteiger partial charge is 0.480 e. The number of thioether (sulfide) groups is 2. The Labute approximate surface area is 251 Å². The van der Waals surface area contributed by atoms with E-state index in [4.69, 9.17) is 8.83 Å². The van der Waals surface area contributed by atoms with E-state index in [2.05, 4.69) is 10.6 Å². The molecule has 2 atom stereocenters. The second-order valence-electron chi connectivity index (χ2n) is 10.1.